The molecule has 3 aromatic heterocycles. The van der Waals surface area contributed by atoms with E-state index in [9.17, 15) is 0 Å². The Kier molecular flexibility index (Phi) is 6.05. The number of para-hydroxylation sites is 2. The molecule has 0 radical (unpaired) electrons. The number of hydrogen-bond acceptors (Lipinski definition) is 4. The largest absolute Gasteiger partial charge is 0.293 e. The Bertz CT molecular complexity index is 2110. The van der Waals surface area contributed by atoms with E-state index < -0.39 is 0 Å². The van der Waals surface area contributed by atoms with Gasteiger partial charge in [-0.15, -0.1) is 0 Å². The summed E-state index contributed by atoms with van der Waals surface area (Å²) in [5.74, 6) is 2.56. The van der Waals surface area contributed by atoms with Crippen LogP contribution in [0.2, 0.25) is 0 Å². The molecule has 43 heavy (non-hydrogen) atoms. The van der Waals surface area contributed by atoms with Crippen molar-refractivity contribution in [1.29, 1.82) is 0 Å². The molecule has 5 heteroatoms. The molecule has 0 aliphatic carbocycles. The van der Waals surface area contributed by atoms with Crippen LogP contribution < -0.4 is 0 Å². The third kappa shape index (κ3) is 4.44. The maximum atomic E-state index is 5.14. The smallest absolute Gasteiger partial charge is 0.167 e. The molecule has 8 aromatic rings. The van der Waals surface area contributed by atoms with Gasteiger partial charge in [0.25, 0.3) is 0 Å². The minimum Gasteiger partial charge on any atom is -0.293 e. The molecular formula is C38H25N5. The molecular weight excluding hydrogens is 526 g/mol. The molecule has 0 unspecified atom stereocenters. The number of hydrogen-bond donors (Lipinski definition) is 0. The molecule has 0 saturated heterocycles. The van der Waals surface area contributed by atoms with Crippen LogP contribution in [0.5, 0.6) is 0 Å². The van der Waals surface area contributed by atoms with Crippen molar-refractivity contribution in [2.24, 2.45) is 0 Å². The van der Waals surface area contributed by atoms with Crippen molar-refractivity contribution in [1.82, 2.24) is 24.5 Å². The summed E-state index contributed by atoms with van der Waals surface area (Å²) in [7, 11) is 0. The molecule has 5 nitrogen and oxygen atoms in total. The van der Waals surface area contributed by atoms with Crippen LogP contribution in [-0.4, -0.2) is 24.5 Å². The van der Waals surface area contributed by atoms with E-state index in [1.165, 1.54) is 10.8 Å². The molecule has 0 N–H and O–H groups in total. The van der Waals surface area contributed by atoms with Crippen LogP contribution in [0.3, 0.4) is 0 Å². The Labute approximate surface area is 248 Å². The fourth-order valence-corrected chi connectivity index (χ4v) is 5.67. The molecule has 0 saturated carbocycles. The number of rotatable bonds is 5. The highest BCUT2D eigenvalue weighted by Gasteiger charge is 2.21. The van der Waals surface area contributed by atoms with Gasteiger partial charge in [0, 0.05) is 33.7 Å². The van der Waals surface area contributed by atoms with Gasteiger partial charge in [-0.2, -0.15) is 0 Å². The zero-order valence-electron chi connectivity index (χ0n) is 23.2. The molecule has 0 spiro atoms. The maximum Gasteiger partial charge on any atom is 0.167 e. The van der Waals surface area contributed by atoms with Gasteiger partial charge < -0.3 is 0 Å². The summed E-state index contributed by atoms with van der Waals surface area (Å²) in [4.78, 5) is 20.2. The highest BCUT2D eigenvalue weighted by molar-refractivity contribution is 6.09. The SMILES string of the molecule is c1ccc(-c2cnc(-n3c4ccccc4c4ccccc43)c(-c3nc(-c4ccccc4)nc(-c4ccccc4)n3)c2)cc1. The first-order chi connectivity index (χ1) is 21.3. The maximum absolute atomic E-state index is 5.14. The summed E-state index contributed by atoms with van der Waals surface area (Å²) in [5.41, 5.74) is 6.89. The monoisotopic (exact) mass is 551 g/mol. The second kappa shape index (κ2) is 10.5. The lowest BCUT2D eigenvalue weighted by molar-refractivity contribution is 1.04. The normalized spacial score (nSPS) is 11.3. The molecule has 0 aliphatic rings. The first-order valence-electron chi connectivity index (χ1n) is 14.2. The number of nitrogens with zero attached hydrogens (tertiary/aromatic N) is 5. The Hall–Kier alpha value is -5.94. The third-order valence-electron chi connectivity index (χ3n) is 7.71. The highest BCUT2D eigenvalue weighted by atomic mass is 15.1. The van der Waals surface area contributed by atoms with Crippen molar-refractivity contribution < 1.29 is 0 Å². The zero-order chi connectivity index (χ0) is 28.6. The first-order valence-corrected chi connectivity index (χ1v) is 14.2. The Morgan fingerprint density at radius 1 is 0.395 bits per heavy atom. The molecule has 0 fully saturated rings. The standard InChI is InChI=1S/C38H25N5/c1-4-14-26(15-5-1)29-24-32(38(39-25-29)43-33-22-12-10-20-30(33)31-21-11-13-23-34(31)43)37-41-35(27-16-6-2-7-17-27)40-36(42-37)28-18-8-3-9-19-28/h1-25H. The quantitative estimate of drug-likeness (QED) is 0.214. The van der Waals surface area contributed by atoms with E-state index in [4.69, 9.17) is 19.9 Å². The van der Waals surface area contributed by atoms with E-state index in [0.717, 1.165) is 44.7 Å². The third-order valence-corrected chi connectivity index (χ3v) is 7.71. The van der Waals surface area contributed by atoms with Gasteiger partial charge in [-0.05, 0) is 23.8 Å². The lowest BCUT2D eigenvalue weighted by Crippen LogP contribution is -2.05. The van der Waals surface area contributed by atoms with Gasteiger partial charge >= 0.3 is 0 Å². The molecule has 0 aliphatic heterocycles. The average molecular weight is 552 g/mol. The fourth-order valence-electron chi connectivity index (χ4n) is 5.67. The summed E-state index contributed by atoms with van der Waals surface area (Å²) >= 11 is 0. The minimum atomic E-state index is 0.565. The van der Waals surface area contributed by atoms with E-state index in [0.29, 0.717) is 17.5 Å². The van der Waals surface area contributed by atoms with Gasteiger partial charge in [0.15, 0.2) is 17.5 Å². The van der Waals surface area contributed by atoms with Crippen LogP contribution in [0, 0.1) is 0 Å². The predicted molar refractivity (Wildman–Crippen MR) is 174 cm³/mol. The number of benzene rings is 5. The van der Waals surface area contributed by atoms with Gasteiger partial charge in [-0.1, -0.05) is 127 Å². The van der Waals surface area contributed by atoms with Crippen molar-refractivity contribution in [2.45, 2.75) is 0 Å². The van der Waals surface area contributed by atoms with E-state index in [-0.39, 0.29) is 0 Å². The van der Waals surface area contributed by atoms with Crippen LogP contribution in [0.4, 0.5) is 0 Å². The van der Waals surface area contributed by atoms with Gasteiger partial charge in [0.2, 0.25) is 0 Å². The van der Waals surface area contributed by atoms with Crippen LogP contribution in [-0.2, 0) is 0 Å². The zero-order valence-corrected chi connectivity index (χ0v) is 23.2. The second-order valence-corrected chi connectivity index (χ2v) is 10.4. The van der Waals surface area contributed by atoms with Gasteiger partial charge in [-0.25, -0.2) is 19.9 Å². The minimum absolute atomic E-state index is 0.565. The summed E-state index contributed by atoms with van der Waals surface area (Å²) in [6.07, 6.45) is 1.94. The fraction of sp³-hybridized carbons (Fsp3) is 0. The van der Waals surface area contributed by atoms with E-state index in [1.807, 2.05) is 85.1 Å². The van der Waals surface area contributed by atoms with Gasteiger partial charge in [0.05, 0.1) is 16.6 Å². The summed E-state index contributed by atoms with van der Waals surface area (Å²) < 4.78 is 2.23. The number of pyridine rings is 1. The first kappa shape index (κ1) is 24.8. The lowest BCUT2D eigenvalue weighted by Gasteiger charge is -2.15. The average Bonchev–Trinajstić information content (AvgIpc) is 3.43. The Morgan fingerprint density at radius 2 is 0.837 bits per heavy atom. The van der Waals surface area contributed by atoms with E-state index >= 15 is 0 Å². The summed E-state index contributed by atoms with van der Waals surface area (Å²) in [6.45, 7) is 0. The highest BCUT2D eigenvalue weighted by Crippen LogP contribution is 2.36. The molecule has 3 heterocycles. The van der Waals surface area contributed by atoms with Crippen LogP contribution >= 0.6 is 0 Å². The van der Waals surface area contributed by atoms with Crippen molar-refractivity contribution >= 4 is 21.8 Å². The molecule has 8 rings (SSSR count). The second-order valence-electron chi connectivity index (χ2n) is 10.4. The Morgan fingerprint density at radius 3 is 1.37 bits per heavy atom. The van der Waals surface area contributed by atoms with Crippen molar-refractivity contribution in [2.75, 3.05) is 0 Å². The van der Waals surface area contributed by atoms with Crippen molar-refractivity contribution in [3.8, 4) is 51.1 Å². The topological polar surface area (TPSA) is 56.5 Å². The van der Waals surface area contributed by atoms with Crippen LogP contribution in [0.15, 0.2) is 152 Å². The van der Waals surface area contributed by atoms with Gasteiger partial charge in [0.1, 0.15) is 5.82 Å². The molecule has 0 bridgehead atoms. The summed E-state index contributed by atoms with van der Waals surface area (Å²) in [5, 5.41) is 2.34. The van der Waals surface area contributed by atoms with E-state index in [2.05, 4.69) is 71.3 Å². The Balaban J connectivity index is 1.46. The molecule has 5 aromatic carbocycles. The molecule has 0 atom stereocenters. The molecule has 202 valence electrons. The number of fused-ring (bicyclic) bond motifs is 3. The lowest BCUT2D eigenvalue weighted by atomic mass is 10.0. The van der Waals surface area contributed by atoms with Crippen LogP contribution in [0.1, 0.15) is 0 Å². The van der Waals surface area contributed by atoms with E-state index in [1.54, 1.807) is 0 Å². The summed E-state index contributed by atoms with van der Waals surface area (Å²) in [6, 6.07) is 49.5. The van der Waals surface area contributed by atoms with Gasteiger partial charge in [-0.3, -0.25) is 4.57 Å². The predicted octanol–water partition coefficient (Wildman–Crippen LogP) is 9.03. The van der Waals surface area contributed by atoms with Crippen LogP contribution in [0.25, 0.3) is 72.9 Å². The number of aromatic nitrogens is 5. The van der Waals surface area contributed by atoms with Crippen molar-refractivity contribution in [3.05, 3.63) is 152 Å². The van der Waals surface area contributed by atoms with Crippen molar-refractivity contribution in [3.63, 3.8) is 0 Å². The molecule has 0 amide bonds.